The minimum absolute atomic E-state index is 0.0968. The van der Waals surface area contributed by atoms with Gasteiger partial charge in [-0.15, -0.1) is 6.58 Å². The van der Waals surface area contributed by atoms with Crippen LogP contribution in [-0.2, 0) is 10.0 Å². The van der Waals surface area contributed by atoms with Gasteiger partial charge >= 0.3 is 0 Å². The summed E-state index contributed by atoms with van der Waals surface area (Å²) >= 11 is 0. The van der Waals surface area contributed by atoms with Crippen LogP contribution in [0.15, 0.2) is 96.4 Å². The number of amides is 1. The molecular weight excluding hydrogens is 428 g/mol. The van der Waals surface area contributed by atoms with Crippen LogP contribution in [0.25, 0.3) is 0 Å². The van der Waals surface area contributed by atoms with E-state index in [2.05, 4.69) is 16.6 Å². The van der Waals surface area contributed by atoms with Gasteiger partial charge in [0.25, 0.3) is 5.91 Å². The van der Waals surface area contributed by atoms with E-state index in [0.29, 0.717) is 23.6 Å². The van der Waals surface area contributed by atoms with Crippen molar-refractivity contribution in [3.05, 3.63) is 97.1 Å². The van der Waals surface area contributed by atoms with Crippen LogP contribution in [0.5, 0.6) is 11.5 Å². The maximum absolute atomic E-state index is 12.7. The first-order valence-corrected chi connectivity index (χ1v) is 11.4. The number of hydrogen-bond acceptors (Lipinski definition) is 5. The maximum atomic E-state index is 12.7. The Hall–Kier alpha value is -3.62. The Balaban J connectivity index is 1.60. The molecule has 0 radical (unpaired) electrons. The molecular formula is C24H24N2O5S. The van der Waals surface area contributed by atoms with E-state index < -0.39 is 10.0 Å². The average Bonchev–Trinajstić information content (AvgIpc) is 2.82. The van der Waals surface area contributed by atoms with Gasteiger partial charge in [0.15, 0.2) is 0 Å². The first-order valence-electron chi connectivity index (χ1n) is 9.91. The number of carbonyl (C=O) groups excluding carboxylic acids is 1. The molecule has 2 N–H and O–H groups in total. The second kappa shape index (κ2) is 11.1. The van der Waals surface area contributed by atoms with Crippen LogP contribution < -0.4 is 19.5 Å². The normalized spacial score (nSPS) is 10.9. The highest BCUT2D eigenvalue weighted by Gasteiger charge is 2.15. The number of para-hydroxylation sites is 2. The van der Waals surface area contributed by atoms with Crippen molar-refractivity contribution in [2.45, 2.75) is 4.90 Å². The highest BCUT2D eigenvalue weighted by atomic mass is 32.2. The fourth-order valence-electron chi connectivity index (χ4n) is 2.78. The van der Waals surface area contributed by atoms with Gasteiger partial charge in [0.1, 0.15) is 24.7 Å². The molecule has 0 fully saturated rings. The van der Waals surface area contributed by atoms with E-state index in [4.69, 9.17) is 9.47 Å². The van der Waals surface area contributed by atoms with Crippen LogP contribution in [0.4, 0.5) is 5.69 Å². The monoisotopic (exact) mass is 452 g/mol. The van der Waals surface area contributed by atoms with Crippen molar-refractivity contribution in [3.8, 4) is 11.5 Å². The fraction of sp³-hybridized carbons (Fsp3) is 0.125. The smallest absolute Gasteiger partial charge is 0.259 e. The minimum atomic E-state index is -3.63. The van der Waals surface area contributed by atoms with Gasteiger partial charge in [-0.3, -0.25) is 4.79 Å². The third-order valence-electron chi connectivity index (χ3n) is 4.32. The lowest BCUT2D eigenvalue weighted by Crippen LogP contribution is -2.23. The zero-order chi connectivity index (χ0) is 22.8. The lowest BCUT2D eigenvalue weighted by atomic mass is 10.2. The number of sulfonamides is 1. The lowest BCUT2D eigenvalue weighted by molar-refractivity contribution is 0.102. The summed E-state index contributed by atoms with van der Waals surface area (Å²) in [5, 5.41) is 2.76. The summed E-state index contributed by atoms with van der Waals surface area (Å²) in [7, 11) is -3.63. The quantitative estimate of drug-likeness (QED) is 0.340. The molecule has 8 heteroatoms. The maximum Gasteiger partial charge on any atom is 0.259 e. The van der Waals surface area contributed by atoms with Crippen LogP contribution in [0.3, 0.4) is 0 Å². The van der Waals surface area contributed by atoms with E-state index in [1.165, 1.54) is 30.3 Å². The van der Waals surface area contributed by atoms with Crippen molar-refractivity contribution in [1.82, 2.24) is 4.72 Å². The molecule has 32 heavy (non-hydrogen) atoms. The van der Waals surface area contributed by atoms with Gasteiger partial charge in [0, 0.05) is 12.2 Å². The summed E-state index contributed by atoms with van der Waals surface area (Å²) in [5.74, 6) is 0.798. The van der Waals surface area contributed by atoms with Crippen molar-refractivity contribution in [2.24, 2.45) is 0 Å². The molecule has 0 aliphatic carbocycles. The number of ether oxygens (including phenoxy) is 2. The number of carbonyl (C=O) groups is 1. The Kier molecular flexibility index (Phi) is 8.02. The van der Waals surface area contributed by atoms with E-state index in [1.54, 1.807) is 24.3 Å². The van der Waals surface area contributed by atoms with Crippen molar-refractivity contribution >= 4 is 21.6 Å². The van der Waals surface area contributed by atoms with Crippen LogP contribution in [0, 0.1) is 0 Å². The summed E-state index contributed by atoms with van der Waals surface area (Å²) < 4.78 is 38.0. The molecule has 3 rings (SSSR count). The van der Waals surface area contributed by atoms with E-state index in [0.717, 1.165) is 5.75 Å². The second-order valence-corrected chi connectivity index (χ2v) is 8.39. The number of nitrogens with one attached hydrogen (secondary N) is 2. The predicted octanol–water partition coefficient (Wildman–Crippen LogP) is 3.86. The first kappa shape index (κ1) is 23.1. The van der Waals surface area contributed by atoms with Crippen molar-refractivity contribution < 1.29 is 22.7 Å². The summed E-state index contributed by atoms with van der Waals surface area (Å²) in [6.07, 6.45) is 1.46. The third kappa shape index (κ3) is 6.44. The van der Waals surface area contributed by atoms with Gasteiger partial charge in [0.2, 0.25) is 10.0 Å². The molecule has 0 unspecified atom stereocenters. The van der Waals surface area contributed by atoms with Gasteiger partial charge in [-0.25, -0.2) is 13.1 Å². The molecule has 0 saturated carbocycles. The molecule has 0 saturated heterocycles. The summed E-state index contributed by atoms with van der Waals surface area (Å²) in [5.41, 5.74) is 0.816. The summed E-state index contributed by atoms with van der Waals surface area (Å²) in [6.45, 7) is 4.22. The Labute approximate surface area is 187 Å². The summed E-state index contributed by atoms with van der Waals surface area (Å²) in [6, 6.07) is 22.2. The minimum Gasteiger partial charge on any atom is -0.490 e. The third-order valence-corrected chi connectivity index (χ3v) is 5.76. The Morgan fingerprint density at radius 1 is 0.875 bits per heavy atom. The summed E-state index contributed by atoms with van der Waals surface area (Å²) in [4.78, 5) is 12.8. The average molecular weight is 453 g/mol. The number of benzene rings is 3. The molecule has 1 amide bonds. The van der Waals surface area contributed by atoms with E-state index >= 15 is 0 Å². The lowest BCUT2D eigenvalue weighted by Gasteiger charge is -2.13. The Morgan fingerprint density at radius 2 is 1.53 bits per heavy atom. The molecule has 0 atom stereocenters. The largest absolute Gasteiger partial charge is 0.490 e. The zero-order valence-electron chi connectivity index (χ0n) is 17.4. The van der Waals surface area contributed by atoms with Crippen LogP contribution in [0.1, 0.15) is 10.4 Å². The number of anilines is 1. The molecule has 7 nitrogen and oxygen atoms in total. The van der Waals surface area contributed by atoms with Crippen LogP contribution >= 0.6 is 0 Å². The van der Waals surface area contributed by atoms with Gasteiger partial charge in [0.05, 0.1) is 10.5 Å². The van der Waals surface area contributed by atoms with Gasteiger partial charge in [-0.2, -0.15) is 0 Å². The second-order valence-electron chi connectivity index (χ2n) is 6.63. The molecule has 0 spiro atoms. The van der Waals surface area contributed by atoms with Crippen molar-refractivity contribution in [3.63, 3.8) is 0 Å². The van der Waals surface area contributed by atoms with Crippen molar-refractivity contribution in [2.75, 3.05) is 25.1 Å². The predicted molar refractivity (Wildman–Crippen MR) is 124 cm³/mol. The Bertz CT molecular complexity index is 1150. The SMILES string of the molecule is C=CCNS(=O)(=O)c1ccc(NC(=O)c2ccccc2OCCOc2ccccc2)cc1. The highest BCUT2D eigenvalue weighted by Crippen LogP contribution is 2.21. The van der Waals surface area contributed by atoms with Gasteiger partial charge < -0.3 is 14.8 Å². The molecule has 0 heterocycles. The molecule has 0 aromatic heterocycles. The van der Waals surface area contributed by atoms with E-state index in [9.17, 15) is 13.2 Å². The number of hydrogen-bond donors (Lipinski definition) is 2. The van der Waals surface area contributed by atoms with E-state index in [1.807, 2.05) is 30.3 Å². The molecule has 166 valence electrons. The van der Waals surface area contributed by atoms with E-state index in [-0.39, 0.29) is 24.0 Å². The Morgan fingerprint density at radius 3 is 2.25 bits per heavy atom. The number of rotatable bonds is 11. The fourth-order valence-corrected chi connectivity index (χ4v) is 3.77. The van der Waals surface area contributed by atoms with Crippen LogP contribution in [-0.4, -0.2) is 34.1 Å². The molecule has 3 aromatic rings. The van der Waals surface area contributed by atoms with Crippen LogP contribution in [0.2, 0.25) is 0 Å². The van der Waals surface area contributed by atoms with Crippen molar-refractivity contribution in [1.29, 1.82) is 0 Å². The zero-order valence-corrected chi connectivity index (χ0v) is 18.2. The molecule has 0 aliphatic heterocycles. The topological polar surface area (TPSA) is 93.7 Å². The first-order chi connectivity index (χ1) is 15.5. The van der Waals surface area contributed by atoms with Gasteiger partial charge in [-0.05, 0) is 48.5 Å². The molecule has 0 bridgehead atoms. The molecule has 0 aliphatic rings. The van der Waals surface area contributed by atoms with Gasteiger partial charge in [-0.1, -0.05) is 36.4 Å². The highest BCUT2D eigenvalue weighted by molar-refractivity contribution is 7.89. The standard InChI is InChI=1S/C24H24N2O5S/c1-2-16-25-32(28,29)21-14-12-19(13-15-21)26-24(27)22-10-6-7-11-23(22)31-18-17-30-20-8-4-3-5-9-20/h2-15,25H,1,16-18H2,(H,26,27). The molecule has 3 aromatic carbocycles.